The minimum Gasteiger partial charge on any atom is -0.461 e. The Morgan fingerprint density at radius 3 is 2.75 bits per heavy atom. The average molecular weight is 269 g/mol. The summed E-state index contributed by atoms with van der Waals surface area (Å²) in [6.07, 6.45) is 2.49. The van der Waals surface area contributed by atoms with Gasteiger partial charge in [0.25, 0.3) is 0 Å². The van der Waals surface area contributed by atoms with Gasteiger partial charge in [-0.15, -0.1) is 0 Å². The van der Waals surface area contributed by atoms with Gasteiger partial charge in [-0.1, -0.05) is 6.07 Å². The zero-order valence-corrected chi connectivity index (χ0v) is 12.1. The maximum atomic E-state index is 6.08. The number of imidazole rings is 1. The molecule has 0 aliphatic heterocycles. The largest absolute Gasteiger partial charge is 0.461 e. The highest BCUT2D eigenvalue weighted by Gasteiger charge is 2.15. The molecule has 0 aliphatic carbocycles. The molecular formula is C16H19N3O. The molecule has 0 amide bonds. The molecule has 0 saturated heterocycles. The lowest BCUT2D eigenvalue weighted by molar-refractivity contribution is 0.517. The Labute approximate surface area is 118 Å². The van der Waals surface area contributed by atoms with Gasteiger partial charge in [0.15, 0.2) is 11.6 Å². The van der Waals surface area contributed by atoms with Gasteiger partial charge in [0.05, 0.1) is 17.3 Å². The van der Waals surface area contributed by atoms with Crippen LogP contribution in [0.5, 0.6) is 0 Å². The number of fused-ring (bicyclic) bond motifs is 1. The summed E-state index contributed by atoms with van der Waals surface area (Å²) in [5.74, 6) is 1.62. The van der Waals surface area contributed by atoms with E-state index in [-0.39, 0.29) is 5.54 Å². The highest BCUT2D eigenvalue weighted by atomic mass is 16.3. The van der Waals surface area contributed by atoms with Crippen LogP contribution in [-0.4, -0.2) is 15.1 Å². The van der Waals surface area contributed by atoms with Crippen molar-refractivity contribution in [3.8, 4) is 11.6 Å². The normalized spacial score (nSPS) is 12.2. The molecule has 3 rings (SSSR count). The van der Waals surface area contributed by atoms with Crippen molar-refractivity contribution in [2.75, 3.05) is 0 Å². The molecule has 4 nitrogen and oxygen atoms in total. The van der Waals surface area contributed by atoms with E-state index in [2.05, 4.69) is 23.2 Å². The zero-order valence-electron chi connectivity index (χ0n) is 12.1. The predicted molar refractivity (Wildman–Crippen MR) is 80.4 cm³/mol. The van der Waals surface area contributed by atoms with Crippen LogP contribution in [-0.2, 0) is 13.5 Å². The van der Waals surface area contributed by atoms with Gasteiger partial charge in [-0.2, -0.15) is 0 Å². The van der Waals surface area contributed by atoms with E-state index < -0.39 is 0 Å². The number of benzene rings is 1. The van der Waals surface area contributed by atoms with Crippen LogP contribution in [0.3, 0.4) is 0 Å². The number of aryl methyl sites for hydroxylation is 1. The lowest BCUT2D eigenvalue weighted by atomic mass is 9.96. The fraction of sp³-hybridized carbons (Fsp3) is 0.312. The summed E-state index contributed by atoms with van der Waals surface area (Å²) in [7, 11) is 2.00. The maximum absolute atomic E-state index is 6.08. The first-order valence-corrected chi connectivity index (χ1v) is 6.72. The predicted octanol–water partition coefficient (Wildman–Crippen LogP) is 3.11. The molecule has 2 N–H and O–H groups in total. The topological polar surface area (TPSA) is 57.0 Å². The molecule has 0 radical (unpaired) electrons. The Morgan fingerprint density at radius 1 is 1.30 bits per heavy atom. The molecule has 4 heteroatoms. The smallest absolute Gasteiger partial charge is 0.176 e. The van der Waals surface area contributed by atoms with Crippen LogP contribution in [0.15, 0.2) is 41.0 Å². The average Bonchev–Trinajstić information content (AvgIpc) is 2.95. The molecule has 1 aromatic carbocycles. The highest BCUT2D eigenvalue weighted by Crippen LogP contribution is 2.25. The standard InChI is InChI=1S/C16H19N3O/c1-16(2,17)10-11-6-7-13-12(9-11)18-15(19(13)3)14-5-4-8-20-14/h4-9H,10,17H2,1-3H3. The second kappa shape index (κ2) is 4.49. The van der Waals surface area contributed by atoms with Gasteiger partial charge >= 0.3 is 0 Å². The van der Waals surface area contributed by atoms with Crippen molar-refractivity contribution in [2.45, 2.75) is 25.8 Å². The molecule has 0 fully saturated rings. The van der Waals surface area contributed by atoms with E-state index in [1.54, 1.807) is 6.26 Å². The maximum Gasteiger partial charge on any atom is 0.176 e. The third kappa shape index (κ3) is 2.34. The SMILES string of the molecule is Cn1c(-c2ccco2)nc2cc(CC(C)(C)N)ccc21. The summed E-state index contributed by atoms with van der Waals surface area (Å²) in [6, 6.07) is 10.1. The Morgan fingerprint density at radius 2 is 2.10 bits per heavy atom. The molecule has 3 aromatic rings. The van der Waals surface area contributed by atoms with E-state index in [1.807, 2.05) is 37.6 Å². The van der Waals surface area contributed by atoms with E-state index in [0.717, 1.165) is 29.0 Å². The summed E-state index contributed by atoms with van der Waals surface area (Å²) in [5, 5.41) is 0. The quantitative estimate of drug-likeness (QED) is 0.794. The van der Waals surface area contributed by atoms with Gasteiger partial charge in [-0.3, -0.25) is 0 Å². The molecule has 20 heavy (non-hydrogen) atoms. The molecule has 0 atom stereocenters. The number of nitrogens with zero attached hydrogens (tertiary/aromatic N) is 2. The van der Waals surface area contributed by atoms with Gasteiger partial charge in [-0.25, -0.2) is 4.98 Å². The van der Waals surface area contributed by atoms with Gasteiger partial charge < -0.3 is 14.7 Å². The monoisotopic (exact) mass is 269 g/mol. The summed E-state index contributed by atoms with van der Waals surface area (Å²) in [4.78, 5) is 4.67. The fourth-order valence-electron chi connectivity index (χ4n) is 2.51. The Hall–Kier alpha value is -2.07. The first-order valence-electron chi connectivity index (χ1n) is 6.72. The fourth-order valence-corrected chi connectivity index (χ4v) is 2.51. The van der Waals surface area contributed by atoms with Crippen LogP contribution in [0.2, 0.25) is 0 Å². The van der Waals surface area contributed by atoms with E-state index in [9.17, 15) is 0 Å². The minimum atomic E-state index is -0.216. The Balaban J connectivity index is 2.08. The number of rotatable bonds is 3. The van der Waals surface area contributed by atoms with Crippen molar-refractivity contribution in [3.05, 3.63) is 42.2 Å². The summed E-state index contributed by atoms with van der Waals surface area (Å²) < 4.78 is 7.48. The van der Waals surface area contributed by atoms with Gasteiger partial charge in [0, 0.05) is 12.6 Å². The number of hydrogen-bond acceptors (Lipinski definition) is 3. The highest BCUT2D eigenvalue weighted by molar-refractivity contribution is 5.80. The molecule has 2 aromatic heterocycles. The Bertz CT molecular complexity index is 733. The summed E-state index contributed by atoms with van der Waals surface area (Å²) in [6.45, 7) is 4.06. The molecule has 104 valence electrons. The molecule has 0 aliphatic rings. The number of aromatic nitrogens is 2. The van der Waals surface area contributed by atoms with Crippen molar-refractivity contribution in [2.24, 2.45) is 12.8 Å². The second-order valence-corrected chi connectivity index (χ2v) is 5.96. The summed E-state index contributed by atoms with van der Waals surface area (Å²) in [5.41, 5.74) is 9.14. The Kier molecular flexibility index (Phi) is 2.91. The van der Waals surface area contributed by atoms with Crippen LogP contribution in [0, 0.1) is 0 Å². The van der Waals surface area contributed by atoms with Gasteiger partial charge in [-0.05, 0) is 50.1 Å². The second-order valence-electron chi connectivity index (χ2n) is 5.96. The first-order chi connectivity index (χ1) is 9.44. The van der Waals surface area contributed by atoms with Crippen LogP contribution < -0.4 is 5.73 Å². The lowest BCUT2D eigenvalue weighted by Gasteiger charge is -2.18. The number of furan rings is 1. The first kappa shape index (κ1) is 12.9. The van der Waals surface area contributed by atoms with Crippen LogP contribution in [0.1, 0.15) is 19.4 Å². The van der Waals surface area contributed by atoms with E-state index in [1.165, 1.54) is 5.56 Å². The molecule has 0 unspecified atom stereocenters. The van der Waals surface area contributed by atoms with Crippen LogP contribution >= 0.6 is 0 Å². The zero-order chi connectivity index (χ0) is 14.3. The van der Waals surface area contributed by atoms with Gasteiger partial charge in [0.1, 0.15) is 0 Å². The number of nitrogens with two attached hydrogens (primary N) is 1. The molecule has 0 bridgehead atoms. The molecule has 0 spiro atoms. The molecular weight excluding hydrogens is 250 g/mol. The van der Waals surface area contributed by atoms with Gasteiger partial charge in [0.2, 0.25) is 0 Å². The lowest BCUT2D eigenvalue weighted by Crippen LogP contribution is -2.34. The minimum absolute atomic E-state index is 0.216. The third-order valence-electron chi connectivity index (χ3n) is 3.35. The third-order valence-corrected chi connectivity index (χ3v) is 3.35. The molecule has 0 saturated carbocycles. The van der Waals surface area contributed by atoms with E-state index in [4.69, 9.17) is 10.2 Å². The summed E-state index contributed by atoms with van der Waals surface area (Å²) >= 11 is 0. The number of hydrogen-bond donors (Lipinski definition) is 1. The van der Waals surface area contributed by atoms with Crippen LogP contribution in [0.25, 0.3) is 22.6 Å². The van der Waals surface area contributed by atoms with Crippen molar-refractivity contribution in [1.29, 1.82) is 0 Å². The molecule has 2 heterocycles. The van der Waals surface area contributed by atoms with Crippen molar-refractivity contribution >= 4 is 11.0 Å². The van der Waals surface area contributed by atoms with Crippen molar-refractivity contribution in [1.82, 2.24) is 9.55 Å². The van der Waals surface area contributed by atoms with Crippen molar-refractivity contribution in [3.63, 3.8) is 0 Å². The van der Waals surface area contributed by atoms with Crippen LogP contribution in [0.4, 0.5) is 0 Å². The van der Waals surface area contributed by atoms with Crippen molar-refractivity contribution < 1.29 is 4.42 Å². The van der Waals surface area contributed by atoms with E-state index in [0.29, 0.717) is 0 Å². The van der Waals surface area contributed by atoms with E-state index >= 15 is 0 Å².